The molecule has 0 amide bonds. The number of nitrogens with zero attached hydrogens (tertiary/aromatic N) is 1. The van der Waals surface area contributed by atoms with Crippen LogP contribution in [0.4, 0.5) is 0 Å². The number of aliphatic imine (C=N–C) groups is 1. The molecule has 0 aliphatic carbocycles. The van der Waals surface area contributed by atoms with Gasteiger partial charge in [0.05, 0.1) is 19.3 Å². The van der Waals surface area contributed by atoms with E-state index in [9.17, 15) is 0 Å². The molecule has 2 rings (SSSR count). The second kappa shape index (κ2) is 14.9. The number of guanidine groups is 1. The van der Waals surface area contributed by atoms with E-state index in [2.05, 4.69) is 34.7 Å². The number of hydrogen-bond acceptors (Lipinski definition) is 5. The molecule has 1 aliphatic rings. The fraction of sp³-hybridized carbons (Fsp3) is 0.696. The molecule has 2 N–H and O–H groups in total. The van der Waals surface area contributed by atoms with Crippen LogP contribution >= 0.6 is 0 Å². The van der Waals surface area contributed by atoms with Crippen molar-refractivity contribution in [2.24, 2.45) is 4.99 Å². The molecule has 170 valence electrons. The predicted octanol–water partition coefficient (Wildman–Crippen LogP) is 3.17. The Labute approximate surface area is 181 Å². The minimum absolute atomic E-state index is 0.352. The maximum absolute atomic E-state index is 5.91. The summed E-state index contributed by atoms with van der Waals surface area (Å²) < 4.78 is 22.6. The SMILES string of the molecule is CCNC(=NCCCOC1CCOCC1)NCCc1ccc(OCC)c(OCC)c1. The first kappa shape index (κ1) is 24.3. The van der Waals surface area contributed by atoms with Crippen LogP contribution in [0.3, 0.4) is 0 Å². The highest BCUT2D eigenvalue weighted by atomic mass is 16.5. The normalized spacial score (nSPS) is 15.1. The summed E-state index contributed by atoms with van der Waals surface area (Å²) in [5.74, 6) is 2.45. The molecule has 0 spiro atoms. The van der Waals surface area contributed by atoms with Gasteiger partial charge in [-0.05, 0) is 64.2 Å². The van der Waals surface area contributed by atoms with Gasteiger partial charge in [0.15, 0.2) is 17.5 Å². The minimum atomic E-state index is 0.352. The molecule has 7 nitrogen and oxygen atoms in total. The molecular formula is C23H39N3O4. The molecule has 0 radical (unpaired) electrons. The quantitative estimate of drug-likeness (QED) is 0.290. The van der Waals surface area contributed by atoms with Gasteiger partial charge in [-0.15, -0.1) is 0 Å². The third-order valence-electron chi connectivity index (χ3n) is 4.75. The average Bonchev–Trinajstić information content (AvgIpc) is 2.76. The second-order valence-corrected chi connectivity index (χ2v) is 7.12. The number of rotatable bonds is 13. The fourth-order valence-electron chi connectivity index (χ4n) is 3.27. The van der Waals surface area contributed by atoms with Crippen molar-refractivity contribution in [2.45, 2.75) is 52.6 Å². The number of nitrogens with one attached hydrogen (secondary N) is 2. The molecule has 0 unspecified atom stereocenters. The predicted molar refractivity (Wildman–Crippen MR) is 121 cm³/mol. The van der Waals surface area contributed by atoms with Crippen LogP contribution in [0.15, 0.2) is 23.2 Å². The van der Waals surface area contributed by atoms with Crippen LogP contribution in [0.2, 0.25) is 0 Å². The van der Waals surface area contributed by atoms with Gasteiger partial charge in [-0.3, -0.25) is 4.99 Å². The average molecular weight is 422 g/mol. The van der Waals surface area contributed by atoms with Crippen LogP contribution in [-0.4, -0.2) is 64.7 Å². The maximum atomic E-state index is 5.91. The van der Waals surface area contributed by atoms with Crippen LogP contribution in [0.5, 0.6) is 11.5 Å². The molecule has 0 atom stereocenters. The van der Waals surface area contributed by atoms with Gasteiger partial charge in [-0.2, -0.15) is 0 Å². The van der Waals surface area contributed by atoms with Crippen molar-refractivity contribution in [1.82, 2.24) is 10.6 Å². The van der Waals surface area contributed by atoms with Gasteiger partial charge in [-0.25, -0.2) is 0 Å². The topological polar surface area (TPSA) is 73.3 Å². The van der Waals surface area contributed by atoms with Gasteiger partial charge >= 0.3 is 0 Å². The van der Waals surface area contributed by atoms with Crippen molar-refractivity contribution >= 4 is 5.96 Å². The Morgan fingerprint density at radius 1 is 1.07 bits per heavy atom. The lowest BCUT2D eigenvalue weighted by atomic mass is 10.1. The number of benzene rings is 1. The van der Waals surface area contributed by atoms with E-state index < -0.39 is 0 Å². The van der Waals surface area contributed by atoms with Crippen molar-refractivity contribution < 1.29 is 18.9 Å². The van der Waals surface area contributed by atoms with Crippen molar-refractivity contribution in [1.29, 1.82) is 0 Å². The minimum Gasteiger partial charge on any atom is -0.490 e. The maximum Gasteiger partial charge on any atom is 0.191 e. The van der Waals surface area contributed by atoms with Crippen LogP contribution in [-0.2, 0) is 15.9 Å². The van der Waals surface area contributed by atoms with Gasteiger partial charge in [0.25, 0.3) is 0 Å². The van der Waals surface area contributed by atoms with E-state index in [1.807, 2.05) is 19.9 Å². The standard InChI is InChI=1S/C23H39N3O4/c1-4-24-23(25-13-7-15-30-20-11-16-27-17-12-20)26-14-10-19-8-9-21(28-5-2)22(18-19)29-6-3/h8-9,18,20H,4-7,10-17H2,1-3H3,(H2,24,25,26). The monoisotopic (exact) mass is 421 g/mol. The summed E-state index contributed by atoms with van der Waals surface area (Å²) in [6.45, 7) is 12.1. The van der Waals surface area contributed by atoms with Crippen LogP contribution in [0, 0.1) is 0 Å². The lowest BCUT2D eigenvalue weighted by molar-refractivity contribution is -0.0318. The second-order valence-electron chi connectivity index (χ2n) is 7.12. The lowest BCUT2D eigenvalue weighted by Gasteiger charge is -2.22. The zero-order valence-electron chi connectivity index (χ0n) is 18.9. The van der Waals surface area contributed by atoms with Crippen molar-refractivity contribution in [3.8, 4) is 11.5 Å². The Bertz CT molecular complexity index is 618. The molecule has 1 fully saturated rings. The summed E-state index contributed by atoms with van der Waals surface area (Å²) in [5, 5.41) is 6.71. The summed E-state index contributed by atoms with van der Waals surface area (Å²) in [7, 11) is 0. The number of ether oxygens (including phenoxy) is 4. The Kier molecular flexibility index (Phi) is 12.1. The van der Waals surface area contributed by atoms with E-state index in [1.165, 1.54) is 5.56 Å². The summed E-state index contributed by atoms with van der Waals surface area (Å²) >= 11 is 0. The molecule has 0 bridgehead atoms. The van der Waals surface area contributed by atoms with E-state index in [1.54, 1.807) is 0 Å². The molecule has 1 aliphatic heterocycles. The molecule has 0 aromatic heterocycles. The summed E-state index contributed by atoms with van der Waals surface area (Å²) in [6, 6.07) is 6.14. The van der Waals surface area contributed by atoms with Crippen molar-refractivity contribution in [2.75, 3.05) is 52.7 Å². The lowest BCUT2D eigenvalue weighted by Crippen LogP contribution is -2.38. The first-order valence-electron chi connectivity index (χ1n) is 11.4. The molecule has 1 saturated heterocycles. The van der Waals surface area contributed by atoms with Crippen LogP contribution < -0.4 is 20.1 Å². The van der Waals surface area contributed by atoms with E-state index in [4.69, 9.17) is 18.9 Å². The van der Waals surface area contributed by atoms with Crippen molar-refractivity contribution in [3.05, 3.63) is 23.8 Å². The molecule has 0 saturated carbocycles. The van der Waals surface area contributed by atoms with Gasteiger partial charge in [-0.1, -0.05) is 6.07 Å². The first-order valence-corrected chi connectivity index (χ1v) is 11.4. The third-order valence-corrected chi connectivity index (χ3v) is 4.75. The highest BCUT2D eigenvalue weighted by molar-refractivity contribution is 5.79. The highest BCUT2D eigenvalue weighted by Crippen LogP contribution is 2.28. The Hall–Kier alpha value is -1.99. The van der Waals surface area contributed by atoms with Crippen LogP contribution in [0.25, 0.3) is 0 Å². The number of hydrogen-bond donors (Lipinski definition) is 2. The Morgan fingerprint density at radius 2 is 1.83 bits per heavy atom. The molecule has 30 heavy (non-hydrogen) atoms. The van der Waals surface area contributed by atoms with Gasteiger partial charge in [0.1, 0.15) is 0 Å². The van der Waals surface area contributed by atoms with Gasteiger partial charge in [0, 0.05) is 39.5 Å². The molecule has 1 aromatic rings. The van der Waals surface area contributed by atoms with Crippen LogP contribution in [0.1, 0.15) is 45.6 Å². The Balaban J connectivity index is 1.73. The van der Waals surface area contributed by atoms with E-state index >= 15 is 0 Å². The van der Waals surface area contributed by atoms with E-state index in [0.29, 0.717) is 19.3 Å². The summed E-state index contributed by atoms with van der Waals surface area (Å²) in [5.41, 5.74) is 1.20. The smallest absolute Gasteiger partial charge is 0.191 e. The molecule has 7 heteroatoms. The van der Waals surface area contributed by atoms with E-state index in [0.717, 1.165) is 82.6 Å². The summed E-state index contributed by atoms with van der Waals surface area (Å²) in [4.78, 5) is 4.66. The van der Waals surface area contributed by atoms with E-state index in [-0.39, 0.29) is 0 Å². The molecular weight excluding hydrogens is 382 g/mol. The highest BCUT2D eigenvalue weighted by Gasteiger charge is 2.13. The zero-order chi connectivity index (χ0) is 21.4. The van der Waals surface area contributed by atoms with Gasteiger partial charge in [0.2, 0.25) is 0 Å². The molecule has 1 aromatic carbocycles. The van der Waals surface area contributed by atoms with Gasteiger partial charge < -0.3 is 29.6 Å². The third kappa shape index (κ3) is 9.22. The first-order chi connectivity index (χ1) is 14.8. The Morgan fingerprint density at radius 3 is 2.57 bits per heavy atom. The van der Waals surface area contributed by atoms with Crippen molar-refractivity contribution in [3.63, 3.8) is 0 Å². The largest absolute Gasteiger partial charge is 0.490 e. The fourth-order valence-corrected chi connectivity index (χ4v) is 3.27. The zero-order valence-corrected chi connectivity index (χ0v) is 18.9. The molecule has 1 heterocycles. The summed E-state index contributed by atoms with van der Waals surface area (Å²) in [6.07, 6.45) is 4.16.